The van der Waals surface area contributed by atoms with Crippen LogP contribution in [0.5, 0.6) is 0 Å². The first-order valence-corrected chi connectivity index (χ1v) is 11.4. The zero-order valence-corrected chi connectivity index (χ0v) is 17.9. The van der Waals surface area contributed by atoms with Crippen LogP contribution in [0.1, 0.15) is 24.0 Å². The maximum Gasteiger partial charge on any atom is 0.414 e. The van der Waals surface area contributed by atoms with Crippen LogP contribution in [0.2, 0.25) is 0 Å². The van der Waals surface area contributed by atoms with Gasteiger partial charge in [0.15, 0.2) is 0 Å². The average Bonchev–Trinajstić information content (AvgIpc) is 2.68. The van der Waals surface area contributed by atoms with Gasteiger partial charge in [0, 0.05) is 29.2 Å². The van der Waals surface area contributed by atoms with Crippen LogP contribution in [0.15, 0.2) is 51.8 Å². The van der Waals surface area contributed by atoms with Crippen molar-refractivity contribution in [1.82, 2.24) is 4.31 Å². The van der Waals surface area contributed by atoms with Gasteiger partial charge in [0.05, 0.1) is 10.6 Å². The number of nitrogens with zero attached hydrogens (tertiary/aromatic N) is 2. The summed E-state index contributed by atoms with van der Waals surface area (Å²) in [5.74, 6) is 0. The van der Waals surface area contributed by atoms with Crippen molar-refractivity contribution in [2.45, 2.75) is 37.3 Å². The molecule has 0 unspecified atom stereocenters. The molecule has 28 heavy (non-hydrogen) atoms. The third-order valence-electron chi connectivity index (χ3n) is 5.28. The van der Waals surface area contributed by atoms with Crippen LogP contribution in [0.3, 0.4) is 0 Å². The van der Waals surface area contributed by atoms with E-state index in [-0.39, 0.29) is 23.6 Å². The Kier molecular flexibility index (Phi) is 5.20. The van der Waals surface area contributed by atoms with Gasteiger partial charge in [0.2, 0.25) is 10.0 Å². The Morgan fingerprint density at radius 3 is 2.43 bits per heavy atom. The Morgan fingerprint density at radius 1 is 1.07 bits per heavy atom. The molecule has 0 atom stereocenters. The maximum atomic E-state index is 12.9. The van der Waals surface area contributed by atoms with Gasteiger partial charge in [-0.05, 0) is 50.1 Å². The highest BCUT2D eigenvalue weighted by Crippen LogP contribution is 2.33. The first-order chi connectivity index (χ1) is 13.4. The van der Waals surface area contributed by atoms with Gasteiger partial charge in [0.25, 0.3) is 0 Å². The minimum absolute atomic E-state index is 0.0781. The zero-order chi connectivity index (χ0) is 19.9. The summed E-state index contributed by atoms with van der Waals surface area (Å²) < 4.78 is 33.5. The molecule has 0 aromatic heterocycles. The summed E-state index contributed by atoms with van der Waals surface area (Å²) in [6, 6.07) is 12.5. The predicted octanol–water partition coefficient (Wildman–Crippen LogP) is 4.07. The van der Waals surface area contributed by atoms with Gasteiger partial charge in [0.1, 0.15) is 6.61 Å². The first-order valence-electron chi connectivity index (χ1n) is 9.17. The number of anilines is 1. The Morgan fingerprint density at radius 2 is 1.75 bits per heavy atom. The summed E-state index contributed by atoms with van der Waals surface area (Å²) >= 11 is 3.33. The number of piperidine rings is 1. The van der Waals surface area contributed by atoms with E-state index in [1.807, 2.05) is 25.1 Å². The molecule has 0 bridgehead atoms. The smallest absolute Gasteiger partial charge is 0.414 e. The Bertz CT molecular complexity index is 999. The van der Waals surface area contributed by atoms with Crippen LogP contribution in [0.25, 0.3) is 0 Å². The molecule has 2 heterocycles. The number of halogens is 1. The van der Waals surface area contributed by atoms with E-state index >= 15 is 0 Å². The summed E-state index contributed by atoms with van der Waals surface area (Å²) in [6.07, 6.45) is 0.779. The van der Waals surface area contributed by atoms with E-state index in [1.165, 1.54) is 4.31 Å². The van der Waals surface area contributed by atoms with Gasteiger partial charge in [-0.3, -0.25) is 4.90 Å². The number of ether oxygens (including phenoxy) is 1. The van der Waals surface area contributed by atoms with E-state index in [1.54, 1.807) is 29.2 Å². The van der Waals surface area contributed by atoms with Crippen molar-refractivity contribution in [3.63, 3.8) is 0 Å². The molecule has 1 fully saturated rings. The highest BCUT2D eigenvalue weighted by atomic mass is 79.9. The summed E-state index contributed by atoms with van der Waals surface area (Å²) in [5.41, 5.74) is 2.98. The maximum absolute atomic E-state index is 12.9. The highest BCUT2D eigenvalue weighted by Gasteiger charge is 2.37. The second kappa shape index (κ2) is 7.50. The molecule has 0 saturated carbocycles. The van der Waals surface area contributed by atoms with Crippen LogP contribution < -0.4 is 4.90 Å². The Hall–Kier alpha value is -1.90. The summed E-state index contributed by atoms with van der Waals surface area (Å²) in [7, 11) is -3.53. The molecule has 4 rings (SSSR count). The molecule has 2 aromatic rings. The number of cyclic esters (lactones) is 1. The number of hydrogen-bond donors (Lipinski definition) is 0. The fraction of sp³-hybridized carbons (Fsp3) is 0.350. The lowest BCUT2D eigenvalue weighted by Crippen LogP contribution is -2.50. The standard InChI is InChI=1S/C20H21BrN2O4S/c1-14-2-7-19-15(12-14)13-27-20(24)23(19)17-8-10-22(11-9-17)28(25,26)18-5-3-16(21)4-6-18/h2-7,12,17H,8-11,13H2,1H3. The molecule has 148 valence electrons. The van der Waals surface area contributed by atoms with Gasteiger partial charge in [-0.2, -0.15) is 4.31 Å². The molecule has 1 amide bonds. The lowest BCUT2D eigenvalue weighted by Gasteiger charge is -2.39. The van der Waals surface area contributed by atoms with Crippen LogP contribution in [0, 0.1) is 6.92 Å². The SMILES string of the molecule is Cc1ccc2c(c1)COC(=O)N2C1CCN(S(=O)(=O)c2ccc(Br)cc2)CC1. The number of carbonyl (C=O) groups excluding carboxylic acids is 1. The normalized spacial score (nSPS) is 18.6. The molecule has 2 aliphatic rings. The predicted molar refractivity (Wildman–Crippen MR) is 110 cm³/mol. The summed E-state index contributed by atoms with van der Waals surface area (Å²) in [5, 5.41) is 0. The van der Waals surface area contributed by atoms with Crippen molar-refractivity contribution < 1.29 is 17.9 Å². The minimum atomic E-state index is -3.53. The molecule has 0 N–H and O–H groups in total. The molecule has 0 spiro atoms. The molecule has 2 aliphatic heterocycles. The zero-order valence-electron chi connectivity index (χ0n) is 15.5. The lowest BCUT2D eigenvalue weighted by atomic mass is 10.0. The molecular weight excluding hydrogens is 444 g/mol. The van der Waals surface area contributed by atoms with Crippen molar-refractivity contribution in [2.75, 3.05) is 18.0 Å². The first kappa shape index (κ1) is 19.4. The van der Waals surface area contributed by atoms with Crippen molar-refractivity contribution >= 4 is 37.7 Å². The van der Waals surface area contributed by atoms with Gasteiger partial charge in [-0.25, -0.2) is 13.2 Å². The van der Waals surface area contributed by atoms with Gasteiger partial charge in [-0.1, -0.05) is 33.6 Å². The molecule has 6 nitrogen and oxygen atoms in total. The molecule has 1 saturated heterocycles. The number of hydrogen-bond acceptors (Lipinski definition) is 4. The fourth-order valence-corrected chi connectivity index (χ4v) is 5.55. The molecule has 2 aromatic carbocycles. The van der Waals surface area contributed by atoms with E-state index in [2.05, 4.69) is 15.9 Å². The van der Waals surface area contributed by atoms with E-state index in [9.17, 15) is 13.2 Å². The van der Waals surface area contributed by atoms with Crippen LogP contribution in [-0.2, 0) is 21.4 Å². The lowest BCUT2D eigenvalue weighted by molar-refractivity contribution is 0.135. The molecule has 0 radical (unpaired) electrons. The van der Waals surface area contributed by atoms with Crippen LogP contribution in [-0.4, -0.2) is 37.9 Å². The highest BCUT2D eigenvalue weighted by molar-refractivity contribution is 9.10. The van der Waals surface area contributed by atoms with Crippen molar-refractivity contribution in [3.05, 3.63) is 58.1 Å². The largest absolute Gasteiger partial charge is 0.444 e. The number of carbonyl (C=O) groups is 1. The van der Waals surface area contributed by atoms with Gasteiger partial charge >= 0.3 is 6.09 Å². The quantitative estimate of drug-likeness (QED) is 0.686. The molecular formula is C20H21BrN2O4S. The monoisotopic (exact) mass is 464 g/mol. The number of benzene rings is 2. The summed E-state index contributed by atoms with van der Waals surface area (Å²) in [4.78, 5) is 14.4. The second-order valence-corrected chi connectivity index (χ2v) is 10.00. The Labute approximate surface area is 173 Å². The van der Waals surface area contributed by atoms with Crippen molar-refractivity contribution in [3.8, 4) is 0 Å². The molecule has 0 aliphatic carbocycles. The average molecular weight is 465 g/mol. The third-order valence-corrected chi connectivity index (χ3v) is 7.72. The topological polar surface area (TPSA) is 66.9 Å². The van der Waals surface area contributed by atoms with E-state index in [0.29, 0.717) is 25.9 Å². The summed E-state index contributed by atoms with van der Waals surface area (Å²) in [6.45, 7) is 3.03. The number of fused-ring (bicyclic) bond motifs is 1. The van der Waals surface area contributed by atoms with Crippen LogP contribution >= 0.6 is 15.9 Å². The van der Waals surface area contributed by atoms with E-state index < -0.39 is 10.0 Å². The Balaban J connectivity index is 1.52. The van der Waals surface area contributed by atoms with Crippen molar-refractivity contribution in [2.24, 2.45) is 0 Å². The van der Waals surface area contributed by atoms with Gasteiger partial charge in [-0.15, -0.1) is 0 Å². The second-order valence-electron chi connectivity index (χ2n) is 7.15. The fourth-order valence-electron chi connectivity index (χ4n) is 3.81. The molecule has 8 heteroatoms. The van der Waals surface area contributed by atoms with Crippen molar-refractivity contribution in [1.29, 1.82) is 0 Å². The van der Waals surface area contributed by atoms with Gasteiger partial charge < -0.3 is 4.74 Å². The number of amides is 1. The van der Waals surface area contributed by atoms with E-state index in [0.717, 1.165) is 21.3 Å². The minimum Gasteiger partial charge on any atom is -0.444 e. The van der Waals surface area contributed by atoms with Crippen LogP contribution in [0.4, 0.5) is 10.5 Å². The van der Waals surface area contributed by atoms with E-state index in [4.69, 9.17) is 4.74 Å². The number of aryl methyl sites for hydroxylation is 1. The number of sulfonamides is 1. The number of rotatable bonds is 3. The third kappa shape index (κ3) is 3.56.